The van der Waals surface area contributed by atoms with Crippen molar-refractivity contribution < 1.29 is 13.9 Å². The zero-order valence-corrected chi connectivity index (χ0v) is 14.2. The third-order valence-electron chi connectivity index (χ3n) is 3.74. The number of hydrogen-bond donors (Lipinski definition) is 2. The topological polar surface area (TPSA) is 54.9 Å². The Labute approximate surface area is 146 Å². The number of hydrogen-bond acceptors (Lipinski definition) is 3. The minimum atomic E-state index is -0.243. The van der Waals surface area contributed by atoms with Gasteiger partial charge in [-0.3, -0.25) is 0 Å². The van der Waals surface area contributed by atoms with E-state index in [1.54, 1.807) is 12.1 Å². The van der Waals surface area contributed by atoms with Crippen LogP contribution in [-0.2, 0) is 6.54 Å². The Kier molecular flexibility index (Phi) is 5.72. The van der Waals surface area contributed by atoms with E-state index in [2.05, 4.69) is 15.6 Å². The smallest absolute Gasteiger partial charge is 0.191 e. The average molecular weight is 343 g/mol. The molecule has 5 nitrogen and oxygen atoms in total. The predicted molar refractivity (Wildman–Crippen MR) is 95.6 cm³/mol. The number of benzene rings is 2. The van der Waals surface area contributed by atoms with Crippen molar-refractivity contribution in [3.05, 3.63) is 59.9 Å². The standard InChI is InChI=1S/C19H22FN3O2/c1-2-21-19(22-11-14-7-9-15(20)10-8-14)23-12-16-13-24-17-5-3-4-6-18(17)25-16/h3-10,16H,2,11-13H2,1H3,(H2,21,22,23). The van der Waals surface area contributed by atoms with E-state index < -0.39 is 0 Å². The molecule has 0 radical (unpaired) electrons. The van der Waals surface area contributed by atoms with Crippen LogP contribution in [0.4, 0.5) is 4.39 Å². The summed E-state index contributed by atoms with van der Waals surface area (Å²) in [6, 6.07) is 14.0. The summed E-state index contributed by atoms with van der Waals surface area (Å²) in [6.45, 7) is 4.29. The van der Waals surface area contributed by atoms with Crippen LogP contribution in [-0.4, -0.2) is 31.8 Å². The molecule has 0 fully saturated rings. The summed E-state index contributed by atoms with van der Waals surface area (Å²) in [4.78, 5) is 4.52. The summed E-state index contributed by atoms with van der Waals surface area (Å²) in [5.74, 6) is 1.98. The van der Waals surface area contributed by atoms with Gasteiger partial charge >= 0.3 is 0 Å². The molecule has 0 aliphatic carbocycles. The molecule has 0 amide bonds. The number of ether oxygens (including phenoxy) is 2. The monoisotopic (exact) mass is 343 g/mol. The predicted octanol–water partition coefficient (Wildman–Crippen LogP) is 2.72. The molecule has 2 aromatic carbocycles. The Bertz CT molecular complexity index is 719. The fraction of sp³-hybridized carbons (Fsp3) is 0.316. The lowest BCUT2D eigenvalue weighted by atomic mass is 10.2. The second kappa shape index (κ2) is 8.37. The van der Waals surface area contributed by atoms with E-state index in [1.807, 2.05) is 31.2 Å². The van der Waals surface area contributed by atoms with Gasteiger partial charge in [0.2, 0.25) is 0 Å². The van der Waals surface area contributed by atoms with Crippen molar-refractivity contribution in [1.82, 2.24) is 10.6 Å². The number of halogens is 1. The normalized spacial score (nSPS) is 16.4. The maximum Gasteiger partial charge on any atom is 0.191 e. The molecule has 0 spiro atoms. The Morgan fingerprint density at radius 3 is 2.64 bits per heavy atom. The number of rotatable bonds is 5. The van der Waals surface area contributed by atoms with Crippen LogP contribution in [0.3, 0.4) is 0 Å². The minimum absolute atomic E-state index is 0.0930. The molecule has 0 saturated carbocycles. The van der Waals surface area contributed by atoms with Crippen molar-refractivity contribution in [2.75, 3.05) is 19.7 Å². The van der Waals surface area contributed by atoms with Crippen molar-refractivity contribution in [3.8, 4) is 11.5 Å². The van der Waals surface area contributed by atoms with Crippen molar-refractivity contribution in [3.63, 3.8) is 0 Å². The van der Waals surface area contributed by atoms with E-state index in [4.69, 9.17) is 9.47 Å². The third kappa shape index (κ3) is 4.86. The zero-order chi connectivity index (χ0) is 17.5. The molecule has 0 aromatic heterocycles. The van der Waals surface area contributed by atoms with Crippen LogP contribution in [0.1, 0.15) is 12.5 Å². The largest absolute Gasteiger partial charge is 0.486 e. The van der Waals surface area contributed by atoms with Crippen molar-refractivity contribution >= 4 is 5.96 Å². The van der Waals surface area contributed by atoms with Crippen LogP contribution >= 0.6 is 0 Å². The molecule has 1 atom stereocenters. The third-order valence-corrected chi connectivity index (χ3v) is 3.74. The Morgan fingerprint density at radius 2 is 1.88 bits per heavy atom. The summed E-state index contributed by atoms with van der Waals surface area (Å²) in [5.41, 5.74) is 0.949. The van der Waals surface area contributed by atoms with Gasteiger partial charge in [0.15, 0.2) is 17.5 Å². The quantitative estimate of drug-likeness (QED) is 0.647. The van der Waals surface area contributed by atoms with Crippen LogP contribution in [0.15, 0.2) is 53.5 Å². The molecule has 6 heteroatoms. The Morgan fingerprint density at radius 1 is 1.12 bits per heavy atom. The maximum absolute atomic E-state index is 13.0. The first kappa shape index (κ1) is 17.1. The van der Waals surface area contributed by atoms with E-state index >= 15 is 0 Å². The summed E-state index contributed by atoms with van der Waals surface area (Å²) < 4.78 is 24.6. The summed E-state index contributed by atoms with van der Waals surface area (Å²) in [7, 11) is 0. The molecule has 1 aliphatic rings. The van der Waals surface area contributed by atoms with Gasteiger partial charge in [-0.25, -0.2) is 9.38 Å². The number of aliphatic imine (C=N–C) groups is 1. The van der Waals surface area contributed by atoms with Gasteiger partial charge in [-0.15, -0.1) is 0 Å². The molecule has 0 saturated heterocycles. The molecule has 2 N–H and O–H groups in total. The first-order valence-electron chi connectivity index (χ1n) is 8.39. The van der Waals surface area contributed by atoms with Gasteiger partial charge in [-0.1, -0.05) is 24.3 Å². The van der Waals surface area contributed by atoms with Crippen molar-refractivity contribution in [2.45, 2.75) is 19.6 Å². The zero-order valence-electron chi connectivity index (χ0n) is 14.2. The van der Waals surface area contributed by atoms with Gasteiger partial charge in [0.25, 0.3) is 0 Å². The Balaban J connectivity index is 1.55. The maximum atomic E-state index is 13.0. The van der Waals surface area contributed by atoms with Crippen molar-refractivity contribution in [2.24, 2.45) is 4.99 Å². The number of fused-ring (bicyclic) bond motifs is 1. The number of guanidine groups is 1. The van der Waals surface area contributed by atoms with Gasteiger partial charge in [-0.2, -0.15) is 0 Å². The molecule has 1 heterocycles. The van der Waals surface area contributed by atoms with Crippen LogP contribution < -0.4 is 20.1 Å². The SMILES string of the molecule is CCNC(=NCc1ccc(F)cc1)NCC1COc2ccccc2O1. The summed E-state index contributed by atoms with van der Waals surface area (Å²) in [5, 5.41) is 6.45. The second-order valence-corrected chi connectivity index (χ2v) is 5.70. The summed E-state index contributed by atoms with van der Waals surface area (Å²) >= 11 is 0. The van der Waals surface area contributed by atoms with E-state index in [-0.39, 0.29) is 11.9 Å². The Hall–Kier alpha value is -2.76. The number of para-hydroxylation sites is 2. The molecule has 2 aromatic rings. The first-order chi connectivity index (χ1) is 12.2. The highest BCUT2D eigenvalue weighted by atomic mass is 19.1. The number of nitrogens with zero attached hydrogens (tertiary/aromatic N) is 1. The van der Waals surface area contributed by atoms with E-state index in [0.717, 1.165) is 23.6 Å². The molecule has 132 valence electrons. The minimum Gasteiger partial charge on any atom is -0.486 e. The highest BCUT2D eigenvalue weighted by Gasteiger charge is 2.20. The van der Waals surface area contributed by atoms with Crippen LogP contribution in [0.5, 0.6) is 11.5 Å². The highest BCUT2D eigenvalue weighted by Crippen LogP contribution is 2.30. The van der Waals surface area contributed by atoms with Crippen LogP contribution in [0.2, 0.25) is 0 Å². The van der Waals surface area contributed by atoms with Crippen LogP contribution in [0.25, 0.3) is 0 Å². The lowest BCUT2D eigenvalue weighted by Crippen LogP contribution is -2.45. The molecular weight excluding hydrogens is 321 g/mol. The lowest BCUT2D eigenvalue weighted by Gasteiger charge is -2.27. The highest BCUT2D eigenvalue weighted by molar-refractivity contribution is 5.79. The fourth-order valence-electron chi connectivity index (χ4n) is 2.48. The fourth-order valence-corrected chi connectivity index (χ4v) is 2.48. The van der Waals surface area contributed by atoms with Crippen LogP contribution in [0, 0.1) is 5.82 Å². The average Bonchev–Trinajstić information content (AvgIpc) is 2.65. The van der Waals surface area contributed by atoms with Gasteiger partial charge in [0.1, 0.15) is 18.5 Å². The molecule has 0 bridgehead atoms. The second-order valence-electron chi connectivity index (χ2n) is 5.70. The first-order valence-corrected chi connectivity index (χ1v) is 8.39. The van der Waals surface area contributed by atoms with E-state index in [1.165, 1.54) is 12.1 Å². The van der Waals surface area contributed by atoms with Gasteiger partial charge in [0.05, 0.1) is 13.1 Å². The van der Waals surface area contributed by atoms with Gasteiger partial charge in [0, 0.05) is 6.54 Å². The molecule has 1 aliphatic heterocycles. The lowest BCUT2D eigenvalue weighted by molar-refractivity contribution is 0.0936. The van der Waals surface area contributed by atoms with E-state index in [0.29, 0.717) is 25.7 Å². The molecule has 3 rings (SSSR count). The molecule has 25 heavy (non-hydrogen) atoms. The summed E-state index contributed by atoms with van der Waals surface area (Å²) in [6.07, 6.45) is -0.0930. The van der Waals surface area contributed by atoms with Gasteiger partial charge < -0.3 is 20.1 Å². The number of nitrogens with one attached hydrogen (secondary N) is 2. The van der Waals surface area contributed by atoms with Gasteiger partial charge in [-0.05, 0) is 36.8 Å². The molecular formula is C19H22FN3O2. The van der Waals surface area contributed by atoms with E-state index in [9.17, 15) is 4.39 Å². The molecule has 1 unspecified atom stereocenters. The van der Waals surface area contributed by atoms with Crippen molar-refractivity contribution in [1.29, 1.82) is 0 Å².